The number of nitrogen functional groups attached to an aromatic ring is 1. The van der Waals surface area contributed by atoms with Crippen LogP contribution < -0.4 is 10.5 Å². The zero-order chi connectivity index (χ0) is 15.4. The maximum atomic E-state index is 12.6. The summed E-state index contributed by atoms with van der Waals surface area (Å²) < 4.78 is 5.16. The SMILES string of the molecule is COc1cccc(C(=O)N(C)C(C)c2ccncc2)c1N. The zero-order valence-electron chi connectivity index (χ0n) is 12.4. The summed E-state index contributed by atoms with van der Waals surface area (Å²) in [5.41, 5.74) is 7.81. The quantitative estimate of drug-likeness (QED) is 0.876. The first-order valence-corrected chi connectivity index (χ1v) is 6.65. The number of hydrogen-bond donors (Lipinski definition) is 1. The Bertz CT molecular complexity index is 629. The Morgan fingerprint density at radius 1 is 1.29 bits per heavy atom. The minimum atomic E-state index is -0.143. The van der Waals surface area contributed by atoms with Crippen LogP contribution in [0.5, 0.6) is 5.75 Å². The molecule has 5 nitrogen and oxygen atoms in total. The molecular formula is C16H19N3O2. The Morgan fingerprint density at radius 2 is 1.95 bits per heavy atom. The van der Waals surface area contributed by atoms with E-state index in [1.807, 2.05) is 19.1 Å². The van der Waals surface area contributed by atoms with Gasteiger partial charge in [-0.15, -0.1) is 0 Å². The number of amides is 1. The third kappa shape index (κ3) is 2.97. The number of nitrogens with zero attached hydrogens (tertiary/aromatic N) is 2. The van der Waals surface area contributed by atoms with Gasteiger partial charge in [0.15, 0.2) is 0 Å². The van der Waals surface area contributed by atoms with Gasteiger partial charge >= 0.3 is 0 Å². The first kappa shape index (κ1) is 14.8. The summed E-state index contributed by atoms with van der Waals surface area (Å²) in [6.45, 7) is 1.96. The molecule has 1 atom stereocenters. The van der Waals surface area contributed by atoms with Gasteiger partial charge in [-0.2, -0.15) is 0 Å². The Morgan fingerprint density at radius 3 is 2.57 bits per heavy atom. The fourth-order valence-electron chi connectivity index (χ4n) is 2.14. The Hall–Kier alpha value is -2.56. The number of nitrogens with two attached hydrogens (primary N) is 1. The third-order valence-corrected chi connectivity index (χ3v) is 3.61. The molecule has 2 aromatic rings. The van der Waals surface area contributed by atoms with Crippen molar-refractivity contribution in [2.45, 2.75) is 13.0 Å². The van der Waals surface area contributed by atoms with Gasteiger partial charge in [0.25, 0.3) is 5.91 Å². The molecule has 0 radical (unpaired) electrons. The molecule has 1 heterocycles. The molecule has 0 bridgehead atoms. The van der Waals surface area contributed by atoms with E-state index in [9.17, 15) is 4.79 Å². The Labute approximate surface area is 124 Å². The minimum absolute atomic E-state index is 0.0777. The number of rotatable bonds is 4. The standard InChI is InChI=1S/C16H19N3O2/c1-11(12-7-9-18-10-8-12)19(2)16(20)13-5-4-6-14(21-3)15(13)17/h4-11H,17H2,1-3H3. The second-order valence-electron chi connectivity index (χ2n) is 4.79. The van der Waals surface area contributed by atoms with Gasteiger partial charge in [0.05, 0.1) is 24.4 Å². The zero-order valence-corrected chi connectivity index (χ0v) is 12.4. The summed E-state index contributed by atoms with van der Waals surface area (Å²) in [5, 5.41) is 0. The average Bonchev–Trinajstić information content (AvgIpc) is 2.54. The average molecular weight is 285 g/mol. The molecule has 0 aliphatic carbocycles. The summed E-state index contributed by atoms with van der Waals surface area (Å²) in [7, 11) is 3.29. The third-order valence-electron chi connectivity index (χ3n) is 3.61. The number of benzene rings is 1. The predicted octanol–water partition coefficient (Wildman–Crippen LogP) is 2.51. The van der Waals surface area contributed by atoms with Crippen LogP contribution in [0.2, 0.25) is 0 Å². The molecule has 1 aromatic heterocycles. The Balaban J connectivity index is 2.28. The number of pyridine rings is 1. The van der Waals surface area contributed by atoms with Crippen molar-refractivity contribution in [1.29, 1.82) is 0 Å². The molecule has 0 aliphatic heterocycles. The fourth-order valence-corrected chi connectivity index (χ4v) is 2.14. The molecule has 0 saturated carbocycles. The van der Waals surface area contributed by atoms with Gasteiger partial charge in [-0.05, 0) is 36.8 Å². The second kappa shape index (κ2) is 6.26. The van der Waals surface area contributed by atoms with Crippen LogP contribution in [0.25, 0.3) is 0 Å². The van der Waals surface area contributed by atoms with Crippen molar-refractivity contribution in [3.05, 3.63) is 53.9 Å². The van der Waals surface area contributed by atoms with Crippen LogP contribution in [0.4, 0.5) is 5.69 Å². The minimum Gasteiger partial charge on any atom is -0.495 e. The highest BCUT2D eigenvalue weighted by Gasteiger charge is 2.21. The molecule has 5 heteroatoms. The topological polar surface area (TPSA) is 68.5 Å². The van der Waals surface area contributed by atoms with Crippen LogP contribution >= 0.6 is 0 Å². The molecular weight excluding hydrogens is 266 g/mol. The summed E-state index contributed by atoms with van der Waals surface area (Å²) in [4.78, 5) is 18.3. The molecule has 1 unspecified atom stereocenters. The van der Waals surface area contributed by atoms with E-state index in [0.29, 0.717) is 17.0 Å². The van der Waals surface area contributed by atoms with E-state index < -0.39 is 0 Å². The summed E-state index contributed by atoms with van der Waals surface area (Å²) in [6, 6.07) is 8.90. The molecule has 2 N–H and O–H groups in total. The number of hydrogen-bond acceptors (Lipinski definition) is 4. The van der Waals surface area contributed by atoms with Gasteiger partial charge in [-0.1, -0.05) is 6.07 Å². The smallest absolute Gasteiger partial charge is 0.256 e. The Kier molecular flexibility index (Phi) is 4.42. The van der Waals surface area contributed by atoms with Gasteiger partial charge in [0.2, 0.25) is 0 Å². The number of anilines is 1. The maximum absolute atomic E-state index is 12.6. The van der Waals surface area contributed by atoms with E-state index in [1.54, 1.807) is 42.5 Å². The maximum Gasteiger partial charge on any atom is 0.256 e. The van der Waals surface area contributed by atoms with Crippen LogP contribution in [0, 0.1) is 0 Å². The molecule has 21 heavy (non-hydrogen) atoms. The van der Waals surface area contributed by atoms with Gasteiger partial charge in [0.1, 0.15) is 5.75 Å². The van der Waals surface area contributed by atoms with Crippen molar-refractivity contribution in [3.8, 4) is 5.75 Å². The van der Waals surface area contributed by atoms with Crippen LogP contribution in [0.3, 0.4) is 0 Å². The molecule has 0 spiro atoms. The van der Waals surface area contributed by atoms with Crippen LogP contribution in [0.1, 0.15) is 28.9 Å². The van der Waals surface area contributed by atoms with Gasteiger partial charge in [-0.25, -0.2) is 0 Å². The summed E-state index contributed by atoms with van der Waals surface area (Å²) >= 11 is 0. The number of methoxy groups -OCH3 is 1. The first-order chi connectivity index (χ1) is 10.1. The summed E-state index contributed by atoms with van der Waals surface area (Å²) in [5.74, 6) is 0.363. The molecule has 0 fully saturated rings. The molecule has 1 amide bonds. The predicted molar refractivity (Wildman–Crippen MR) is 82.2 cm³/mol. The lowest BCUT2D eigenvalue weighted by molar-refractivity contribution is 0.0743. The number of aromatic nitrogens is 1. The van der Waals surface area contributed by atoms with Crippen molar-refractivity contribution < 1.29 is 9.53 Å². The largest absolute Gasteiger partial charge is 0.495 e. The molecule has 0 saturated heterocycles. The fraction of sp³-hybridized carbons (Fsp3) is 0.250. The normalized spacial score (nSPS) is 11.8. The lowest BCUT2D eigenvalue weighted by Crippen LogP contribution is -2.30. The van der Waals surface area contributed by atoms with Crippen molar-refractivity contribution in [2.75, 3.05) is 19.9 Å². The van der Waals surface area contributed by atoms with E-state index in [4.69, 9.17) is 10.5 Å². The van der Waals surface area contributed by atoms with Gasteiger partial charge in [-0.3, -0.25) is 9.78 Å². The molecule has 110 valence electrons. The number of carbonyl (C=O) groups is 1. The van der Waals surface area contributed by atoms with Gasteiger partial charge < -0.3 is 15.4 Å². The number of para-hydroxylation sites is 1. The van der Waals surface area contributed by atoms with Gasteiger partial charge in [0, 0.05) is 19.4 Å². The van der Waals surface area contributed by atoms with Crippen molar-refractivity contribution >= 4 is 11.6 Å². The summed E-state index contributed by atoms with van der Waals surface area (Å²) in [6.07, 6.45) is 3.42. The van der Waals surface area contributed by atoms with E-state index in [0.717, 1.165) is 5.56 Å². The van der Waals surface area contributed by atoms with E-state index >= 15 is 0 Å². The lowest BCUT2D eigenvalue weighted by Gasteiger charge is -2.26. The first-order valence-electron chi connectivity index (χ1n) is 6.65. The molecule has 1 aromatic carbocycles. The van der Waals surface area contributed by atoms with Crippen molar-refractivity contribution in [2.24, 2.45) is 0 Å². The van der Waals surface area contributed by atoms with Crippen molar-refractivity contribution in [3.63, 3.8) is 0 Å². The monoisotopic (exact) mass is 285 g/mol. The lowest BCUT2D eigenvalue weighted by atomic mass is 10.1. The van der Waals surface area contributed by atoms with Crippen LogP contribution in [-0.4, -0.2) is 29.9 Å². The van der Waals surface area contributed by atoms with E-state index in [1.165, 1.54) is 7.11 Å². The molecule has 2 rings (SSSR count). The van der Waals surface area contributed by atoms with Crippen molar-refractivity contribution in [1.82, 2.24) is 9.88 Å². The number of ether oxygens (including phenoxy) is 1. The molecule has 0 aliphatic rings. The second-order valence-corrected chi connectivity index (χ2v) is 4.79. The number of carbonyl (C=O) groups excluding carboxylic acids is 1. The van der Waals surface area contributed by atoms with E-state index in [2.05, 4.69) is 4.98 Å². The van der Waals surface area contributed by atoms with Crippen LogP contribution in [0.15, 0.2) is 42.7 Å². The highest BCUT2D eigenvalue weighted by Crippen LogP contribution is 2.28. The van der Waals surface area contributed by atoms with E-state index in [-0.39, 0.29) is 11.9 Å². The highest BCUT2D eigenvalue weighted by atomic mass is 16.5. The van der Waals surface area contributed by atoms with Crippen LogP contribution in [-0.2, 0) is 0 Å². The highest BCUT2D eigenvalue weighted by molar-refractivity contribution is 6.00.